The minimum atomic E-state index is -1.97. The number of carbonyl (C=O) groups excluding carboxylic acids is 4. The van der Waals surface area contributed by atoms with Crippen LogP contribution in [0.1, 0.15) is 43.0 Å². The lowest BCUT2D eigenvalue weighted by Gasteiger charge is -2.70. The number of methoxy groups -OCH3 is 5. The van der Waals surface area contributed by atoms with Gasteiger partial charge in [-0.15, -0.1) is 0 Å². The second kappa shape index (κ2) is 11.8. The lowest BCUT2D eigenvalue weighted by Crippen LogP contribution is -2.85. The van der Waals surface area contributed by atoms with Crippen LogP contribution in [0.4, 0.5) is 5.69 Å². The van der Waals surface area contributed by atoms with Crippen LogP contribution in [0, 0.1) is 40.4 Å². The number of hydrogen-bond acceptors (Lipinski definition) is 12. The molecule has 14 heteroatoms. The Bertz CT molecular complexity index is 1640. The normalized spacial score (nSPS) is 47.6. The van der Waals surface area contributed by atoms with E-state index in [2.05, 4.69) is 0 Å². The van der Waals surface area contributed by atoms with Crippen molar-refractivity contribution in [1.29, 1.82) is 0 Å². The molecule has 14 nitrogen and oxygen atoms in total. The first-order valence-electron chi connectivity index (χ1n) is 17.9. The smallest absolute Gasteiger partial charge is 0.340 e. The number of nitrogens with zero attached hydrogens (tertiary/aromatic N) is 2. The summed E-state index contributed by atoms with van der Waals surface area (Å²) in [6, 6.07) is 5.50. The molecule has 8 rings (SSSR count). The average molecular weight is 713 g/mol. The number of esters is 1. The lowest BCUT2D eigenvalue weighted by molar-refractivity contribution is -0.350. The van der Waals surface area contributed by atoms with Gasteiger partial charge in [-0.1, -0.05) is 19.1 Å². The van der Waals surface area contributed by atoms with Crippen molar-refractivity contribution < 1.29 is 57.8 Å². The van der Waals surface area contributed by atoms with E-state index in [1.807, 2.05) is 0 Å². The van der Waals surface area contributed by atoms with Gasteiger partial charge in [-0.3, -0.25) is 14.4 Å². The Morgan fingerprint density at radius 2 is 1.76 bits per heavy atom. The minimum absolute atomic E-state index is 0.0511. The van der Waals surface area contributed by atoms with Crippen LogP contribution in [-0.2, 0) is 42.8 Å². The maximum absolute atomic E-state index is 14.1. The van der Waals surface area contributed by atoms with Crippen LogP contribution >= 0.6 is 0 Å². The molecule has 278 valence electrons. The van der Waals surface area contributed by atoms with Gasteiger partial charge in [0.25, 0.3) is 0 Å². The fourth-order valence-corrected chi connectivity index (χ4v) is 13.3. The van der Waals surface area contributed by atoms with Gasteiger partial charge in [0.05, 0.1) is 48.3 Å². The van der Waals surface area contributed by atoms with E-state index >= 15 is 0 Å². The van der Waals surface area contributed by atoms with Crippen molar-refractivity contribution in [3.63, 3.8) is 0 Å². The van der Waals surface area contributed by atoms with Gasteiger partial charge in [-0.05, 0) is 37.3 Å². The van der Waals surface area contributed by atoms with E-state index in [1.165, 1.54) is 27.4 Å². The van der Waals surface area contributed by atoms with Gasteiger partial charge in [-0.25, -0.2) is 9.69 Å². The molecule has 5 saturated carbocycles. The summed E-state index contributed by atoms with van der Waals surface area (Å²) in [6.07, 6.45) is -1.55. The Balaban J connectivity index is 1.26. The molecular weight excluding hydrogens is 664 g/mol. The predicted octanol–water partition coefficient (Wildman–Crippen LogP) is 0.797. The zero-order valence-corrected chi connectivity index (χ0v) is 29.9. The quantitative estimate of drug-likeness (QED) is 0.199. The molecule has 2 heterocycles. The summed E-state index contributed by atoms with van der Waals surface area (Å²) < 4.78 is 37.5. The molecule has 3 amide bonds. The molecule has 15 atom stereocenters. The predicted molar refractivity (Wildman–Crippen MR) is 176 cm³/mol. The molecule has 0 radical (unpaired) electrons. The molecule has 0 aromatic heterocycles. The zero-order chi connectivity index (χ0) is 36.4. The topological polar surface area (TPSA) is 171 Å². The van der Waals surface area contributed by atoms with E-state index in [1.54, 1.807) is 44.2 Å². The van der Waals surface area contributed by atoms with Crippen molar-refractivity contribution in [2.45, 2.75) is 80.4 Å². The Labute approximate surface area is 296 Å². The molecule has 7 aliphatic rings. The number of imide groups is 1. The summed E-state index contributed by atoms with van der Waals surface area (Å²) in [6.45, 7) is 1.67. The molecule has 2 saturated heterocycles. The van der Waals surface area contributed by atoms with Crippen molar-refractivity contribution in [3.8, 4) is 0 Å². The van der Waals surface area contributed by atoms with E-state index in [9.17, 15) is 29.4 Å². The number of fused-ring (bicyclic) bond motifs is 2. The number of aliphatic hydroxyl groups excluding tert-OH is 1. The fraction of sp³-hybridized carbons (Fsp3) is 0.730. The monoisotopic (exact) mass is 712 g/mol. The highest BCUT2D eigenvalue weighted by molar-refractivity contribution is 6.22. The summed E-state index contributed by atoms with van der Waals surface area (Å²) in [5.74, 6) is -3.55. The number of para-hydroxylation sites is 1. The van der Waals surface area contributed by atoms with Crippen LogP contribution < -0.4 is 4.90 Å². The number of carbonyl (C=O) groups is 4. The Morgan fingerprint density at radius 3 is 2.37 bits per heavy atom. The first-order valence-corrected chi connectivity index (χ1v) is 17.9. The van der Waals surface area contributed by atoms with E-state index in [4.69, 9.17) is 28.4 Å². The Morgan fingerprint density at radius 1 is 1.04 bits per heavy atom. The van der Waals surface area contributed by atoms with Gasteiger partial charge in [0.2, 0.25) is 18.2 Å². The number of rotatable bonds is 10. The molecule has 2 N–H and O–H groups in total. The van der Waals surface area contributed by atoms with Crippen molar-refractivity contribution in [3.05, 3.63) is 29.8 Å². The first-order chi connectivity index (χ1) is 24.4. The van der Waals surface area contributed by atoms with Crippen LogP contribution in [0.2, 0.25) is 0 Å². The molecule has 51 heavy (non-hydrogen) atoms. The standard InChI is InChI=1S/C37H48N2O12/c1-18-13-24(41)39(31(18)43)22-10-8-7-9-19(22)32(44)51-16-34-12-11-23(46-2)35-21-14-20-26(47-3)25(21)37(50-6,29(42)27(20)48-4)36(45,30(49-5)28(34)35)33(35)38(15-34)17-40/h7-10,17-18,20-21,23,25-30,33,42,45H,11-16H2,1-6H3/t18?,20-,21+,23-,25+,26-,27+,28+,29+,30-,33-,34-,35-,36+,37-/m0/s1. The Kier molecular flexibility index (Phi) is 8.09. The molecule has 1 unspecified atom stereocenters. The third kappa shape index (κ3) is 3.87. The van der Waals surface area contributed by atoms with E-state index in [-0.39, 0.29) is 54.5 Å². The number of hydrogen-bond donors (Lipinski definition) is 2. The number of benzene rings is 1. The molecule has 7 bridgehead atoms. The van der Waals surface area contributed by atoms with Crippen molar-refractivity contribution >= 4 is 29.9 Å². The van der Waals surface area contributed by atoms with E-state index in [0.29, 0.717) is 19.3 Å². The van der Waals surface area contributed by atoms with E-state index < -0.39 is 82.3 Å². The van der Waals surface area contributed by atoms with Crippen molar-refractivity contribution in [1.82, 2.24) is 4.90 Å². The number of ether oxygens (including phenoxy) is 6. The number of likely N-dealkylation sites (tertiary alicyclic amines) is 1. The number of piperidine rings is 1. The lowest BCUT2D eigenvalue weighted by atomic mass is 9.42. The number of amides is 3. The van der Waals surface area contributed by atoms with Gasteiger partial charge in [0.1, 0.15) is 17.3 Å². The van der Waals surface area contributed by atoms with Crippen molar-refractivity contribution in [2.75, 3.05) is 53.6 Å². The number of aliphatic hydroxyl groups is 2. The third-order valence-electron chi connectivity index (χ3n) is 14.6. The van der Waals surface area contributed by atoms with Crippen LogP contribution in [0.3, 0.4) is 0 Å². The molecule has 7 fully saturated rings. The average Bonchev–Trinajstić information content (AvgIpc) is 3.65. The second-order valence-corrected chi connectivity index (χ2v) is 15.9. The van der Waals surface area contributed by atoms with E-state index in [0.717, 1.165) is 11.3 Å². The molecule has 5 aliphatic carbocycles. The number of anilines is 1. The van der Waals surface area contributed by atoms with Crippen molar-refractivity contribution in [2.24, 2.45) is 40.4 Å². The summed E-state index contributed by atoms with van der Waals surface area (Å²) in [4.78, 5) is 55.9. The highest BCUT2D eigenvalue weighted by Gasteiger charge is 2.93. The van der Waals surface area contributed by atoms with Crippen LogP contribution in [0.5, 0.6) is 0 Å². The second-order valence-electron chi connectivity index (χ2n) is 15.9. The maximum Gasteiger partial charge on any atom is 0.340 e. The van der Waals surface area contributed by atoms with Gasteiger partial charge in [0.15, 0.2) is 0 Å². The van der Waals surface area contributed by atoms with Gasteiger partial charge >= 0.3 is 5.97 Å². The molecular formula is C37H48N2O12. The molecule has 1 aromatic carbocycles. The summed E-state index contributed by atoms with van der Waals surface area (Å²) >= 11 is 0. The van der Waals surface area contributed by atoms with Gasteiger partial charge in [0, 0.05) is 83.0 Å². The van der Waals surface area contributed by atoms with Crippen LogP contribution in [0.25, 0.3) is 0 Å². The third-order valence-corrected chi connectivity index (χ3v) is 14.6. The fourth-order valence-electron chi connectivity index (χ4n) is 13.3. The molecule has 1 aromatic rings. The first kappa shape index (κ1) is 35.1. The zero-order valence-electron chi connectivity index (χ0n) is 29.9. The summed E-state index contributed by atoms with van der Waals surface area (Å²) in [5.41, 5.74) is -5.25. The molecule has 1 spiro atoms. The Hall–Kier alpha value is -2.98. The van der Waals surface area contributed by atoms with Crippen LogP contribution in [-0.4, -0.2) is 136 Å². The van der Waals surface area contributed by atoms with Crippen LogP contribution in [0.15, 0.2) is 24.3 Å². The molecule has 2 aliphatic heterocycles. The van der Waals surface area contributed by atoms with Gasteiger partial charge in [-0.2, -0.15) is 0 Å². The summed E-state index contributed by atoms with van der Waals surface area (Å²) in [5, 5.41) is 26.0. The van der Waals surface area contributed by atoms with Gasteiger partial charge < -0.3 is 43.5 Å². The highest BCUT2D eigenvalue weighted by Crippen LogP contribution is 2.81. The SMILES string of the molecule is CO[C@@H]1[C@H]2C[C@@H]3[C@H]([C@H]2OC)[C@](OC)([C@@H]1O)[C@@]1(O)[C@@H](OC)[C@@H]2[C@@]4(COC(=O)c5ccccc5N5C(=O)CC(C)C5=O)CC[C@H](OC)[C@@]32[C@@H]1N(C=O)C4. The summed E-state index contributed by atoms with van der Waals surface area (Å²) in [7, 11) is 7.78. The minimum Gasteiger partial charge on any atom is -0.461 e. The largest absolute Gasteiger partial charge is 0.461 e. The highest BCUT2D eigenvalue weighted by atomic mass is 16.6. The maximum atomic E-state index is 14.1.